The molecule has 1 aliphatic rings. The van der Waals surface area contributed by atoms with E-state index in [-0.39, 0.29) is 12.3 Å². The van der Waals surface area contributed by atoms with Crippen molar-refractivity contribution in [2.24, 2.45) is 12.5 Å². The number of hydrogen-bond donors (Lipinski definition) is 2. The summed E-state index contributed by atoms with van der Waals surface area (Å²) in [5.41, 5.74) is 2.41. The molecule has 1 aromatic heterocycles. The van der Waals surface area contributed by atoms with Gasteiger partial charge >= 0.3 is 5.97 Å². The van der Waals surface area contributed by atoms with Gasteiger partial charge in [-0.25, -0.2) is 4.68 Å². The highest BCUT2D eigenvalue weighted by molar-refractivity contribution is 5.87. The van der Waals surface area contributed by atoms with Gasteiger partial charge in [-0.1, -0.05) is 67.4 Å². The van der Waals surface area contributed by atoms with Crippen molar-refractivity contribution in [1.29, 1.82) is 0 Å². The van der Waals surface area contributed by atoms with Crippen molar-refractivity contribution >= 4 is 11.9 Å². The second kappa shape index (κ2) is 9.30. The molecule has 0 aliphatic heterocycles. The molecular formula is C24H27N5O3. The minimum atomic E-state index is -0.949. The Labute approximate surface area is 186 Å². The summed E-state index contributed by atoms with van der Waals surface area (Å²) in [6.07, 6.45) is 3.23. The zero-order chi connectivity index (χ0) is 22.6. The van der Waals surface area contributed by atoms with Crippen LogP contribution in [0.15, 0.2) is 54.6 Å². The van der Waals surface area contributed by atoms with Crippen molar-refractivity contribution in [3.8, 4) is 11.1 Å². The Morgan fingerprint density at radius 2 is 1.72 bits per heavy atom. The second-order valence-corrected chi connectivity index (χ2v) is 8.51. The molecule has 2 N–H and O–H groups in total. The predicted octanol–water partition coefficient (Wildman–Crippen LogP) is 3.31. The lowest BCUT2D eigenvalue weighted by molar-refractivity contribution is -0.145. The van der Waals surface area contributed by atoms with E-state index in [0.29, 0.717) is 25.1 Å². The molecule has 8 nitrogen and oxygen atoms in total. The number of carbonyl (C=O) groups excluding carboxylic acids is 1. The van der Waals surface area contributed by atoms with Gasteiger partial charge in [0.15, 0.2) is 5.82 Å². The fourth-order valence-electron chi connectivity index (χ4n) is 4.57. The zero-order valence-corrected chi connectivity index (χ0v) is 18.1. The van der Waals surface area contributed by atoms with Gasteiger partial charge in [-0.2, -0.15) is 0 Å². The first-order chi connectivity index (χ1) is 15.5. The number of carboxylic acids is 1. The highest BCUT2D eigenvalue weighted by Gasteiger charge is 2.44. The van der Waals surface area contributed by atoms with Gasteiger partial charge in [0.1, 0.15) is 0 Å². The molecule has 32 heavy (non-hydrogen) atoms. The van der Waals surface area contributed by atoms with Gasteiger partial charge in [-0.15, -0.1) is 5.10 Å². The maximum Gasteiger partial charge on any atom is 0.304 e. The van der Waals surface area contributed by atoms with Crippen LogP contribution in [0.3, 0.4) is 0 Å². The summed E-state index contributed by atoms with van der Waals surface area (Å²) in [5, 5.41) is 24.2. The summed E-state index contributed by atoms with van der Waals surface area (Å²) in [5.74, 6) is -0.643. The summed E-state index contributed by atoms with van der Waals surface area (Å²) in [7, 11) is 1.73. The average molecular weight is 434 g/mol. The van der Waals surface area contributed by atoms with Crippen LogP contribution in [0.1, 0.15) is 49.5 Å². The molecule has 1 amide bonds. The molecular weight excluding hydrogens is 406 g/mol. The van der Waals surface area contributed by atoms with E-state index in [0.717, 1.165) is 29.5 Å². The molecule has 1 atom stereocenters. The van der Waals surface area contributed by atoms with Gasteiger partial charge in [-0.3, -0.25) is 9.59 Å². The van der Waals surface area contributed by atoms with Crippen LogP contribution in [0.25, 0.3) is 11.1 Å². The first-order valence-corrected chi connectivity index (χ1v) is 10.9. The van der Waals surface area contributed by atoms with E-state index in [1.807, 2.05) is 30.3 Å². The summed E-state index contributed by atoms with van der Waals surface area (Å²) in [4.78, 5) is 24.8. The van der Waals surface area contributed by atoms with E-state index in [4.69, 9.17) is 0 Å². The van der Waals surface area contributed by atoms with Gasteiger partial charge in [-0.05, 0) is 40.0 Å². The summed E-state index contributed by atoms with van der Waals surface area (Å²) in [6, 6.07) is 17.8. The topological polar surface area (TPSA) is 110 Å². The van der Waals surface area contributed by atoms with Gasteiger partial charge in [0.05, 0.1) is 17.9 Å². The van der Waals surface area contributed by atoms with Crippen molar-refractivity contribution in [2.75, 3.05) is 0 Å². The number of tetrazole rings is 1. The van der Waals surface area contributed by atoms with E-state index in [2.05, 4.69) is 45.1 Å². The van der Waals surface area contributed by atoms with Gasteiger partial charge in [0, 0.05) is 13.5 Å². The number of aromatic nitrogens is 4. The zero-order valence-electron chi connectivity index (χ0n) is 18.1. The quantitative estimate of drug-likeness (QED) is 0.564. The molecule has 166 valence electrons. The van der Waals surface area contributed by atoms with Crippen molar-refractivity contribution in [1.82, 2.24) is 25.5 Å². The Bertz CT molecular complexity index is 1070. The number of nitrogens with zero attached hydrogens (tertiary/aromatic N) is 4. The molecule has 0 saturated heterocycles. The van der Waals surface area contributed by atoms with Gasteiger partial charge < -0.3 is 10.4 Å². The first kappa shape index (κ1) is 21.7. The molecule has 0 spiro atoms. The number of carbonyl (C=O) groups is 2. The van der Waals surface area contributed by atoms with Crippen LogP contribution >= 0.6 is 0 Å². The monoisotopic (exact) mass is 433 g/mol. The van der Waals surface area contributed by atoms with Crippen molar-refractivity contribution in [3.63, 3.8) is 0 Å². The lowest BCUT2D eigenvalue weighted by atomic mass is 9.81. The van der Waals surface area contributed by atoms with Gasteiger partial charge in [0.25, 0.3) is 0 Å². The lowest BCUT2D eigenvalue weighted by Gasteiger charge is -2.28. The number of aryl methyl sites for hydroxylation is 1. The molecule has 0 radical (unpaired) electrons. The van der Waals surface area contributed by atoms with E-state index >= 15 is 0 Å². The van der Waals surface area contributed by atoms with Crippen LogP contribution in [0.5, 0.6) is 0 Å². The third kappa shape index (κ3) is 4.69. The average Bonchev–Trinajstić information content (AvgIpc) is 3.44. The van der Waals surface area contributed by atoms with Crippen LogP contribution in [0.4, 0.5) is 0 Å². The van der Waals surface area contributed by atoms with Crippen molar-refractivity contribution in [2.45, 2.75) is 44.6 Å². The largest absolute Gasteiger partial charge is 0.481 e. The maximum atomic E-state index is 13.3. The highest BCUT2D eigenvalue weighted by atomic mass is 16.4. The molecule has 1 unspecified atom stereocenters. The molecule has 8 heteroatoms. The standard InChI is InChI=1S/C24H27N5O3/c1-29-22(26-27-28-29)20(25-23(32)24(16-21(30)31)13-5-6-14-24)15-17-9-11-19(12-10-17)18-7-3-2-4-8-18/h2-4,7-12,20H,5-6,13-16H2,1H3,(H,25,32)(H,30,31). The SMILES string of the molecule is Cn1nnnc1C(Cc1ccc(-c2ccccc2)cc1)NC(=O)C1(CC(=O)O)CCCC1. The molecule has 1 fully saturated rings. The summed E-state index contributed by atoms with van der Waals surface area (Å²) in [6.45, 7) is 0. The normalized spacial score (nSPS) is 15.9. The Kier molecular flexibility index (Phi) is 6.30. The number of nitrogens with one attached hydrogen (secondary N) is 1. The minimum Gasteiger partial charge on any atom is -0.481 e. The van der Waals surface area contributed by atoms with E-state index in [9.17, 15) is 14.7 Å². The third-order valence-corrected chi connectivity index (χ3v) is 6.30. The molecule has 3 aromatic rings. The number of amides is 1. The van der Waals surface area contributed by atoms with Crippen LogP contribution in [0.2, 0.25) is 0 Å². The molecule has 0 bridgehead atoms. The Balaban J connectivity index is 1.56. The Hall–Kier alpha value is -3.55. The molecule has 1 saturated carbocycles. The Morgan fingerprint density at radius 3 is 2.31 bits per heavy atom. The van der Waals surface area contributed by atoms with Crippen LogP contribution in [0, 0.1) is 5.41 Å². The van der Waals surface area contributed by atoms with E-state index < -0.39 is 17.4 Å². The summed E-state index contributed by atoms with van der Waals surface area (Å²) < 4.78 is 1.54. The fourth-order valence-corrected chi connectivity index (χ4v) is 4.57. The van der Waals surface area contributed by atoms with Gasteiger partial charge in [0.2, 0.25) is 5.91 Å². The molecule has 1 aliphatic carbocycles. The fraction of sp³-hybridized carbons (Fsp3) is 0.375. The number of aliphatic carboxylic acids is 1. The molecule has 1 heterocycles. The van der Waals surface area contributed by atoms with E-state index in [1.165, 1.54) is 0 Å². The number of carboxylic acid groups (broad SMARTS) is 1. The lowest BCUT2D eigenvalue weighted by Crippen LogP contribution is -2.43. The van der Waals surface area contributed by atoms with E-state index in [1.54, 1.807) is 11.7 Å². The van der Waals surface area contributed by atoms with Crippen molar-refractivity contribution < 1.29 is 14.7 Å². The predicted molar refractivity (Wildman–Crippen MR) is 118 cm³/mol. The first-order valence-electron chi connectivity index (χ1n) is 10.9. The number of benzene rings is 2. The second-order valence-electron chi connectivity index (χ2n) is 8.51. The highest BCUT2D eigenvalue weighted by Crippen LogP contribution is 2.42. The van der Waals surface area contributed by atoms with Crippen LogP contribution in [-0.2, 0) is 23.1 Å². The smallest absolute Gasteiger partial charge is 0.304 e. The third-order valence-electron chi connectivity index (χ3n) is 6.30. The molecule has 4 rings (SSSR count). The minimum absolute atomic E-state index is 0.158. The Morgan fingerprint density at radius 1 is 1.06 bits per heavy atom. The maximum absolute atomic E-state index is 13.3. The van der Waals surface area contributed by atoms with Crippen molar-refractivity contribution in [3.05, 3.63) is 66.0 Å². The van der Waals surface area contributed by atoms with Crippen LogP contribution in [-0.4, -0.2) is 37.2 Å². The number of rotatable bonds is 8. The van der Waals surface area contributed by atoms with Crippen LogP contribution < -0.4 is 5.32 Å². The number of hydrogen-bond acceptors (Lipinski definition) is 5. The molecule has 2 aromatic carbocycles. The summed E-state index contributed by atoms with van der Waals surface area (Å²) >= 11 is 0.